The number of aromatic nitrogens is 2. The van der Waals surface area contributed by atoms with Gasteiger partial charge in [0.1, 0.15) is 11.6 Å². The molecule has 0 radical (unpaired) electrons. The molecular formula is C13H23N3. The van der Waals surface area contributed by atoms with Crippen LogP contribution in [-0.2, 0) is 0 Å². The van der Waals surface area contributed by atoms with Crippen LogP contribution < -0.4 is 5.32 Å². The van der Waals surface area contributed by atoms with Crippen LogP contribution in [0.25, 0.3) is 0 Å². The van der Waals surface area contributed by atoms with Gasteiger partial charge in [0, 0.05) is 23.7 Å². The van der Waals surface area contributed by atoms with Crippen LogP contribution in [0.15, 0.2) is 6.07 Å². The fourth-order valence-corrected chi connectivity index (χ4v) is 1.41. The Morgan fingerprint density at radius 2 is 1.56 bits per heavy atom. The topological polar surface area (TPSA) is 37.8 Å². The third-order valence-electron chi connectivity index (χ3n) is 2.31. The summed E-state index contributed by atoms with van der Waals surface area (Å²) in [5, 5.41) is 3.34. The van der Waals surface area contributed by atoms with Crippen LogP contribution in [0.2, 0.25) is 0 Å². The highest BCUT2D eigenvalue weighted by atomic mass is 15.0. The lowest BCUT2D eigenvalue weighted by atomic mass is 10.1. The van der Waals surface area contributed by atoms with Crippen molar-refractivity contribution in [3.05, 3.63) is 17.6 Å². The molecule has 90 valence electrons. The van der Waals surface area contributed by atoms with Gasteiger partial charge in [0.25, 0.3) is 0 Å². The SMILES string of the molecule is CC(C)Nc1cc(C(C)C)nc(C(C)C)n1. The fourth-order valence-electron chi connectivity index (χ4n) is 1.41. The summed E-state index contributed by atoms with van der Waals surface area (Å²) in [4.78, 5) is 9.12. The molecule has 0 atom stereocenters. The summed E-state index contributed by atoms with van der Waals surface area (Å²) in [6, 6.07) is 2.45. The van der Waals surface area contributed by atoms with Crippen molar-refractivity contribution >= 4 is 5.82 Å². The van der Waals surface area contributed by atoms with Gasteiger partial charge in [-0.05, 0) is 19.8 Å². The zero-order valence-electron chi connectivity index (χ0n) is 11.2. The Kier molecular flexibility index (Phi) is 4.27. The maximum atomic E-state index is 4.59. The summed E-state index contributed by atoms with van der Waals surface area (Å²) in [7, 11) is 0. The van der Waals surface area contributed by atoms with E-state index < -0.39 is 0 Å². The van der Waals surface area contributed by atoms with Crippen LogP contribution in [0.5, 0.6) is 0 Å². The Labute approximate surface area is 98.7 Å². The Morgan fingerprint density at radius 1 is 0.938 bits per heavy atom. The lowest BCUT2D eigenvalue weighted by Gasteiger charge is -2.15. The largest absolute Gasteiger partial charge is 0.368 e. The van der Waals surface area contributed by atoms with Crippen molar-refractivity contribution in [3.63, 3.8) is 0 Å². The highest BCUT2D eigenvalue weighted by Gasteiger charge is 2.10. The molecule has 0 aliphatic heterocycles. The molecule has 0 fully saturated rings. The number of nitrogens with one attached hydrogen (secondary N) is 1. The Morgan fingerprint density at radius 3 is 2.00 bits per heavy atom. The molecule has 0 saturated carbocycles. The molecule has 0 aliphatic rings. The van der Waals surface area contributed by atoms with Crippen molar-refractivity contribution in [2.75, 3.05) is 5.32 Å². The standard InChI is InChI=1S/C13H23N3/c1-8(2)11-7-12(14-10(5)6)16-13(15-11)9(3)4/h7-10H,1-6H3,(H,14,15,16). The first kappa shape index (κ1) is 12.9. The zero-order chi connectivity index (χ0) is 12.3. The fraction of sp³-hybridized carbons (Fsp3) is 0.692. The molecule has 1 aromatic rings. The summed E-state index contributed by atoms with van der Waals surface area (Å²) in [5.74, 6) is 2.67. The maximum absolute atomic E-state index is 4.59. The average Bonchev–Trinajstić information content (AvgIpc) is 2.15. The third kappa shape index (κ3) is 3.47. The molecule has 0 unspecified atom stereocenters. The summed E-state index contributed by atoms with van der Waals surface area (Å²) in [5.41, 5.74) is 1.11. The molecule has 1 heterocycles. The van der Waals surface area contributed by atoms with E-state index in [2.05, 4.69) is 62.9 Å². The minimum atomic E-state index is 0.367. The van der Waals surface area contributed by atoms with Gasteiger partial charge in [0.15, 0.2) is 0 Å². The summed E-state index contributed by atoms with van der Waals surface area (Å²) >= 11 is 0. The molecule has 0 amide bonds. The normalized spacial score (nSPS) is 11.6. The van der Waals surface area contributed by atoms with E-state index in [9.17, 15) is 0 Å². The van der Waals surface area contributed by atoms with Gasteiger partial charge in [-0.1, -0.05) is 27.7 Å². The summed E-state index contributed by atoms with van der Waals surface area (Å²) in [6.45, 7) is 12.8. The maximum Gasteiger partial charge on any atom is 0.133 e. The van der Waals surface area contributed by atoms with Gasteiger partial charge in [0.05, 0.1) is 0 Å². The van der Waals surface area contributed by atoms with Crippen molar-refractivity contribution in [1.82, 2.24) is 9.97 Å². The van der Waals surface area contributed by atoms with Gasteiger partial charge in [-0.15, -0.1) is 0 Å². The third-order valence-corrected chi connectivity index (χ3v) is 2.31. The molecule has 0 aromatic carbocycles. The van der Waals surface area contributed by atoms with Crippen LogP contribution in [0.4, 0.5) is 5.82 Å². The molecule has 0 aliphatic carbocycles. The lowest BCUT2D eigenvalue weighted by molar-refractivity contribution is 0.727. The smallest absolute Gasteiger partial charge is 0.133 e. The molecule has 1 rings (SSSR count). The van der Waals surface area contributed by atoms with Crippen molar-refractivity contribution in [2.24, 2.45) is 0 Å². The predicted molar refractivity (Wildman–Crippen MR) is 69.0 cm³/mol. The average molecular weight is 221 g/mol. The van der Waals surface area contributed by atoms with Gasteiger partial charge in [0.2, 0.25) is 0 Å². The monoisotopic (exact) mass is 221 g/mol. The first-order valence-electron chi connectivity index (χ1n) is 6.05. The van der Waals surface area contributed by atoms with E-state index in [1.165, 1.54) is 0 Å². The van der Waals surface area contributed by atoms with Crippen LogP contribution in [-0.4, -0.2) is 16.0 Å². The number of hydrogen-bond donors (Lipinski definition) is 1. The van der Waals surface area contributed by atoms with E-state index in [4.69, 9.17) is 0 Å². The molecular weight excluding hydrogens is 198 g/mol. The zero-order valence-corrected chi connectivity index (χ0v) is 11.2. The number of hydrogen-bond acceptors (Lipinski definition) is 3. The van der Waals surface area contributed by atoms with Gasteiger partial charge in [-0.3, -0.25) is 0 Å². The van der Waals surface area contributed by atoms with E-state index in [1.807, 2.05) is 0 Å². The summed E-state index contributed by atoms with van der Waals surface area (Å²) < 4.78 is 0. The van der Waals surface area contributed by atoms with Crippen molar-refractivity contribution in [1.29, 1.82) is 0 Å². The molecule has 1 N–H and O–H groups in total. The van der Waals surface area contributed by atoms with Gasteiger partial charge in [-0.25, -0.2) is 9.97 Å². The second-order valence-corrected chi connectivity index (χ2v) is 5.14. The van der Waals surface area contributed by atoms with Gasteiger partial charge in [-0.2, -0.15) is 0 Å². The molecule has 1 aromatic heterocycles. The van der Waals surface area contributed by atoms with Crippen LogP contribution in [0.3, 0.4) is 0 Å². The van der Waals surface area contributed by atoms with Gasteiger partial charge >= 0.3 is 0 Å². The van der Waals surface area contributed by atoms with Crippen molar-refractivity contribution in [3.8, 4) is 0 Å². The van der Waals surface area contributed by atoms with E-state index in [-0.39, 0.29) is 0 Å². The molecule has 0 bridgehead atoms. The summed E-state index contributed by atoms with van der Waals surface area (Å²) in [6.07, 6.45) is 0. The van der Waals surface area contributed by atoms with Gasteiger partial charge < -0.3 is 5.32 Å². The van der Waals surface area contributed by atoms with Crippen molar-refractivity contribution in [2.45, 2.75) is 59.4 Å². The second-order valence-electron chi connectivity index (χ2n) is 5.14. The first-order valence-corrected chi connectivity index (χ1v) is 6.05. The van der Waals surface area contributed by atoms with E-state index >= 15 is 0 Å². The molecule has 16 heavy (non-hydrogen) atoms. The van der Waals surface area contributed by atoms with E-state index in [0.29, 0.717) is 17.9 Å². The highest BCUT2D eigenvalue weighted by molar-refractivity contribution is 5.38. The number of rotatable bonds is 4. The molecule has 3 nitrogen and oxygen atoms in total. The number of nitrogens with zero attached hydrogens (tertiary/aromatic N) is 2. The lowest BCUT2D eigenvalue weighted by Crippen LogP contribution is -2.14. The van der Waals surface area contributed by atoms with Crippen LogP contribution in [0, 0.1) is 0 Å². The van der Waals surface area contributed by atoms with Crippen LogP contribution in [0.1, 0.15) is 64.9 Å². The minimum Gasteiger partial charge on any atom is -0.368 e. The Balaban J connectivity index is 3.08. The quantitative estimate of drug-likeness (QED) is 0.845. The predicted octanol–water partition coefficient (Wildman–Crippen LogP) is 3.54. The van der Waals surface area contributed by atoms with Crippen molar-refractivity contribution < 1.29 is 0 Å². The minimum absolute atomic E-state index is 0.367. The van der Waals surface area contributed by atoms with E-state index in [1.54, 1.807) is 0 Å². The number of anilines is 1. The second kappa shape index (κ2) is 5.28. The highest BCUT2D eigenvalue weighted by Crippen LogP contribution is 2.19. The molecule has 3 heteroatoms. The van der Waals surface area contributed by atoms with Crippen LogP contribution >= 0.6 is 0 Å². The van der Waals surface area contributed by atoms with E-state index in [0.717, 1.165) is 17.3 Å². The Bertz CT molecular complexity index is 317. The first-order chi connectivity index (χ1) is 7.40. The molecule has 0 spiro atoms. The molecule has 0 saturated heterocycles. The Hall–Kier alpha value is -1.12.